The molecule has 2 saturated heterocycles. The number of rotatable bonds is 2. The molecule has 2 fully saturated rings. The number of hydrogen-bond acceptors (Lipinski definition) is 2. The van der Waals surface area contributed by atoms with Crippen LogP contribution in [-0.2, 0) is 4.79 Å². The van der Waals surface area contributed by atoms with E-state index < -0.39 is 0 Å². The number of nitrogens with zero attached hydrogens (tertiary/aromatic N) is 2. The van der Waals surface area contributed by atoms with Gasteiger partial charge in [0.2, 0.25) is 5.91 Å². The Bertz CT molecular complexity index is 726. The van der Waals surface area contributed by atoms with Crippen LogP contribution in [0.2, 0.25) is 0 Å². The minimum absolute atomic E-state index is 0.0497. The second kappa shape index (κ2) is 5.46. The van der Waals surface area contributed by atoms with Crippen molar-refractivity contribution >= 4 is 11.6 Å². The fourth-order valence-electron chi connectivity index (χ4n) is 3.73. The first-order valence-electron chi connectivity index (χ1n) is 8.06. The molecule has 0 spiro atoms. The molecule has 2 aromatic rings. The molecule has 0 radical (unpaired) electrons. The van der Waals surface area contributed by atoms with Gasteiger partial charge < -0.3 is 0 Å². The maximum Gasteiger partial charge on any atom is 0.246 e. The Kier molecular flexibility index (Phi) is 3.42. The molecule has 0 bridgehead atoms. The first-order valence-corrected chi connectivity index (χ1v) is 8.06. The molecule has 4 rings (SSSR count). The molecule has 2 aliphatic rings. The van der Waals surface area contributed by atoms with Gasteiger partial charge in [-0.25, -0.2) is 4.39 Å². The van der Waals surface area contributed by atoms with E-state index in [0.29, 0.717) is 0 Å². The van der Waals surface area contributed by atoms with Crippen LogP contribution in [0.15, 0.2) is 48.5 Å². The highest BCUT2D eigenvalue weighted by molar-refractivity contribution is 6.00. The van der Waals surface area contributed by atoms with E-state index in [1.54, 1.807) is 12.1 Å². The summed E-state index contributed by atoms with van der Waals surface area (Å²) < 4.78 is 13.3. The van der Waals surface area contributed by atoms with E-state index in [9.17, 15) is 9.18 Å². The van der Waals surface area contributed by atoms with Crippen molar-refractivity contribution in [2.75, 3.05) is 11.4 Å². The second-order valence-corrected chi connectivity index (χ2v) is 6.36. The molecule has 0 saturated carbocycles. The summed E-state index contributed by atoms with van der Waals surface area (Å²) in [7, 11) is 0. The van der Waals surface area contributed by atoms with Crippen LogP contribution in [0.1, 0.15) is 30.1 Å². The zero-order valence-corrected chi connectivity index (χ0v) is 13.1. The smallest absolute Gasteiger partial charge is 0.246 e. The van der Waals surface area contributed by atoms with Crippen LogP contribution in [0, 0.1) is 12.7 Å². The number of carbonyl (C=O) groups is 1. The number of aryl methyl sites for hydroxylation is 1. The second-order valence-electron chi connectivity index (χ2n) is 6.36. The number of anilines is 1. The van der Waals surface area contributed by atoms with Crippen molar-refractivity contribution in [3.63, 3.8) is 0 Å². The molecule has 2 atom stereocenters. The van der Waals surface area contributed by atoms with Crippen molar-refractivity contribution in [3.8, 4) is 0 Å². The van der Waals surface area contributed by atoms with Gasteiger partial charge in [-0.05, 0) is 49.6 Å². The molecular weight excluding hydrogens is 291 g/mol. The lowest BCUT2D eigenvalue weighted by molar-refractivity contribution is -0.119. The average molecular weight is 310 g/mol. The molecular formula is C19H19FN2O. The van der Waals surface area contributed by atoms with E-state index in [2.05, 4.69) is 36.1 Å². The predicted octanol–water partition coefficient (Wildman–Crippen LogP) is 3.64. The number of halogens is 1. The third-order valence-corrected chi connectivity index (χ3v) is 4.86. The van der Waals surface area contributed by atoms with Crippen LogP contribution in [0.5, 0.6) is 0 Å². The molecule has 4 heteroatoms. The predicted molar refractivity (Wildman–Crippen MR) is 87.5 cm³/mol. The van der Waals surface area contributed by atoms with Gasteiger partial charge in [-0.1, -0.05) is 29.8 Å². The molecule has 0 aromatic heterocycles. The number of amides is 1. The zero-order chi connectivity index (χ0) is 16.0. The van der Waals surface area contributed by atoms with E-state index in [0.717, 1.165) is 30.6 Å². The molecule has 0 N–H and O–H groups in total. The summed E-state index contributed by atoms with van der Waals surface area (Å²) in [5, 5.41) is 0. The van der Waals surface area contributed by atoms with E-state index in [4.69, 9.17) is 0 Å². The lowest BCUT2D eigenvalue weighted by Gasteiger charge is -2.29. The van der Waals surface area contributed by atoms with Crippen LogP contribution in [0.4, 0.5) is 10.1 Å². The Hall–Kier alpha value is -2.20. The summed E-state index contributed by atoms with van der Waals surface area (Å²) in [6, 6.07) is 14.5. The van der Waals surface area contributed by atoms with Gasteiger partial charge in [0, 0.05) is 12.2 Å². The van der Waals surface area contributed by atoms with E-state index >= 15 is 0 Å². The van der Waals surface area contributed by atoms with Crippen LogP contribution in [0.3, 0.4) is 0 Å². The van der Waals surface area contributed by atoms with Gasteiger partial charge in [0.1, 0.15) is 12.0 Å². The Morgan fingerprint density at radius 1 is 1.04 bits per heavy atom. The molecule has 118 valence electrons. The normalized spacial score (nSPS) is 24.3. The largest absolute Gasteiger partial charge is 0.291 e. The summed E-state index contributed by atoms with van der Waals surface area (Å²) in [6.45, 7) is 2.98. The van der Waals surface area contributed by atoms with E-state index in [1.165, 1.54) is 17.7 Å². The maximum atomic E-state index is 13.3. The van der Waals surface area contributed by atoms with Gasteiger partial charge in [0.25, 0.3) is 0 Å². The van der Waals surface area contributed by atoms with Gasteiger partial charge in [-0.3, -0.25) is 14.6 Å². The molecule has 3 nitrogen and oxygen atoms in total. The van der Waals surface area contributed by atoms with Crippen LogP contribution >= 0.6 is 0 Å². The third kappa shape index (κ3) is 2.34. The van der Waals surface area contributed by atoms with Crippen molar-refractivity contribution in [1.29, 1.82) is 0 Å². The summed E-state index contributed by atoms with van der Waals surface area (Å²) in [5.74, 6) is -0.160. The zero-order valence-electron chi connectivity index (χ0n) is 13.1. The lowest BCUT2D eigenvalue weighted by atomic mass is 10.1. The summed E-state index contributed by atoms with van der Waals surface area (Å²) in [6.07, 6.45) is 1.86. The van der Waals surface area contributed by atoms with Crippen molar-refractivity contribution in [2.45, 2.75) is 32.0 Å². The van der Waals surface area contributed by atoms with Gasteiger partial charge in [0.05, 0.1) is 6.04 Å². The van der Waals surface area contributed by atoms with E-state index in [1.807, 2.05) is 4.90 Å². The molecule has 2 heterocycles. The maximum absolute atomic E-state index is 13.3. The molecule has 1 amide bonds. The van der Waals surface area contributed by atoms with Gasteiger partial charge in [-0.15, -0.1) is 0 Å². The van der Waals surface area contributed by atoms with Crippen LogP contribution in [-0.4, -0.2) is 23.4 Å². The van der Waals surface area contributed by atoms with Crippen molar-refractivity contribution < 1.29 is 9.18 Å². The first-order chi connectivity index (χ1) is 11.1. The topological polar surface area (TPSA) is 23.6 Å². The highest BCUT2D eigenvalue weighted by Gasteiger charge is 2.49. The highest BCUT2D eigenvalue weighted by atomic mass is 19.1. The monoisotopic (exact) mass is 310 g/mol. The van der Waals surface area contributed by atoms with Crippen LogP contribution < -0.4 is 4.90 Å². The van der Waals surface area contributed by atoms with Gasteiger partial charge in [-0.2, -0.15) is 0 Å². The van der Waals surface area contributed by atoms with E-state index in [-0.39, 0.29) is 23.9 Å². The molecule has 23 heavy (non-hydrogen) atoms. The third-order valence-electron chi connectivity index (χ3n) is 4.86. The summed E-state index contributed by atoms with van der Waals surface area (Å²) >= 11 is 0. The number of hydrogen-bond donors (Lipinski definition) is 0. The summed E-state index contributed by atoms with van der Waals surface area (Å²) in [5.41, 5.74) is 3.07. The van der Waals surface area contributed by atoms with Crippen molar-refractivity contribution in [2.24, 2.45) is 0 Å². The molecule has 2 unspecified atom stereocenters. The fourth-order valence-corrected chi connectivity index (χ4v) is 3.73. The Labute approximate surface area is 135 Å². The number of fused-ring (bicyclic) bond motifs is 1. The minimum atomic E-state index is -0.284. The summed E-state index contributed by atoms with van der Waals surface area (Å²) in [4.78, 5) is 17.0. The van der Waals surface area contributed by atoms with Crippen molar-refractivity contribution in [1.82, 2.24) is 4.90 Å². The fraction of sp³-hybridized carbons (Fsp3) is 0.316. The first kappa shape index (κ1) is 14.4. The van der Waals surface area contributed by atoms with Crippen molar-refractivity contribution in [3.05, 3.63) is 65.5 Å². The quantitative estimate of drug-likeness (QED) is 0.845. The van der Waals surface area contributed by atoms with Crippen LogP contribution in [0.25, 0.3) is 0 Å². The SMILES string of the molecule is Cc1ccc(C2N(c3ccc(F)cc3)C(=O)C3CCCN32)cc1. The Morgan fingerprint density at radius 3 is 2.43 bits per heavy atom. The molecule has 2 aliphatic heterocycles. The van der Waals surface area contributed by atoms with Gasteiger partial charge in [0.15, 0.2) is 0 Å². The number of benzene rings is 2. The minimum Gasteiger partial charge on any atom is -0.291 e. The highest BCUT2D eigenvalue weighted by Crippen LogP contribution is 2.42. The average Bonchev–Trinajstić information content (AvgIpc) is 3.12. The lowest BCUT2D eigenvalue weighted by Crippen LogP contribution is -2.32. The Morgan fingerprint density at radius 2 is 1.74 bits per heavy atom. The van der Waals surface area contributed by atoms with Gasteiger partial charge >= 0.3 is 0 Å². The molecule has 0 aliphatic carbocycles. The Balaban J connectivity index is 1.79. The number of carbonyl (C=O) groups excluding carboxylic acids is 1. The molecule has 2 aromatic carbocycles. The standard InChI is InChI=1S/C19H19FN2O/c1-13-4-6-14(7-5-13)18-21-12-2-3-17(21)19(23)22(18)16-10-8-15(20)9-11-16/h4-11,17-18H,2-3,12H2,1H3.